The first-order valence-corrected chi connectivity index (χ1v) is 11.5. The van der Waals surface area contributed by atoms with Crippen molar-refractivity contribution in [1.82, 2.24) is 15.1 Å². The number of carbonyl (C=O) groups is 1. The molecule has 0 radical (unpaired) electrons. The maximum atomic E-state index is 13.5. The van der Waals surface area contributed by atoms with Gasteiger partial charge in [0, 0.05) is 29.3 Å². The van der Waals surface area contributed by atoms with Crippen molar-refractivity contribution in [2.75, 3.05) is 19.8 Å². The molecule has 2 aliphatic rings. The Hall–Kier alpha value is -2.83. The molecular weight excluding hydrogens is 426 g/mol. The van der Waals surface area contributed by atoms with Crippen LogP contribution in [-0.2, 0) is 4.74 Å². The summed E-state index contributed by atoms with van der Waals surface area (Å²) in [6, 6.07) is 15.3. The van der Waals surface area contributed by atoms with E-state index >= 15 is 0 Å². The van der Waals surface area contributed by atoms with Crippen molar-refractivity contribution in [1.29, 1.82) is 0 Å². The minimum atomic E-state index is -0.267. The van der Waals surface area contributed by atoms with Gasteiger partial charge in [-0.05, 0) is 49.1 Å². The lowest BCUT2D eigenvalue weighted by Crippen LogP contribution is -2.36. The summed E-state index contributed by atoms with van der Waals surface area (Å²) in [7, 11) is 0. The van der Waals surface area contributed by atoms with Gasteiger partial charge < -0.3 is 14.4 Å². The van der Waals surface area contributed by atoms with Crippen LogP contribution in [0.3, 0.4) is 0 Å². The fourth-order valence-corrected chi connectivity index (χ4v) is 4.69. The minimum Gasteiger partial charge on any atom is -0.494 e. The average Bonchev–Trinajstić information content (AvgIpc) is 3.53. The molecule has 0 saturated carbocycles. The van der Waals surface area contributed by atoms with E-state index in [9.17, 15) is 4.79 Å². The summed E-state index contributed by atoms with van der Waals surface area (Å²) in [5, 5.41) is 8.19. The molecule has 3 aromatic rings. The molecule has 5 rings (SSSR count). The van der Waals surface area contributed by atoms with Crippen LogP contribution in [-0.4, -0.2) is 46.9 Å². The summed E-state index contributed by atoms with van der Waals surface area (Å²) >= 11 is 6.10. The minimum absolute atomic E-state index is 0.0481. The van der Waals surface area contributed by atoms with Crippen LogP contribution in [0.2, 0.25) is 5.02 Å². The molecule has 0 aliphatic carbocycles. The number of nitrogens with one attached hydrogen (secondary N) is 1. The van der Waals surface area contributed by atoms with E-state index < -0.39 is 0 Å². The number of benzene rings is 2. The van der Waals surface area contributed by atoms with E-state index in [2.05, 4.69) is 17.1 Å². The standard InChI is InChI=1S/C25H26ClN3O3/c1-2-12-31-19-6-3-5-17(14-19)24-21-22(16-8-10-18(26)11-9-16)27-28-23(21)25(30)29(24)15-20-7-4-13-32-20/h3,5-6,8-11,14,20,24H,2,4,7,12-13,15H2,1H3,(H,27,28). The number of fused-ring (bicyclic) bond motifs is 1. The SMILES string of the molecule is CCCOc1cccc(C2c3c(-c4ccc(Cl)cc4)n[nH]c3C(=O)N2CC2CCCO2)c1. The Morgan fingerprint density at radius 1 is 1.25 bits per heavy atom. The number of rotatable bonds is 7. The van der Waals surface area contributed by atoms with Crippen LogP contribution in [0.1, 0.15) is 53.8 Å². The summed E-state index contributed by atoms with van der Waals surface area (Å²) in [5.41, 5.74) is 4.12. The number of H-pyrrole nitrogens is 1. The molecule has 1 saturated heterocycles. The van der Waals surface area contributed by atoms with Gasteiger partial charge in [0.1, 0.15) is 11.4 Å². The monoisotopic (exact) mass is 451 g/mol. The molecule has 166 valence electrons. The zero-order valence-corrected chi connectivity index (χ0v) is 18.8. The number of hydrogen-bond acceptors (Lipinski definition) is 4. The number of hydrogen-bond donors (Lipinski definition) is 1. The van der Waals surface area contributed by atoms with Crippen LogP contribution in [0, 0.1) is 0 Å². The number of aromatic amines is 1. The zero-order chi connectivity index (χ0) is 22.1. The van der Waals surface area contributed by atoms with E-state index in [4.69, 9.17) is 21.1 Å². The van der Waals surface area contributed by atoms with Crippen molar-refractivity contribution in [3.8, 4) is 17.0 Å². The van der Waals surface area contributed by atoms with Crippen molar-refractivity contribution in [3.05, 3.63) is 70.4 Å². The fraction of sp³-hybridized carbons (Fsp3) is 0.360. The fourth-order valence-electron chi connectivity index (χ4n) is 4.56. The van der Waals surface area contributed by atoms with Gasteiger partial charge in [-0.15, -0.1) is 0 Å². The highest BCUT2D eigenvalue weighted by Crippen LogP contribution is 2.44. The Morgan fingerprint density at radius 2 is 2.09 bits per heavy atom. The molecule has 0 spiro atoms. The number of ether oxygens (including phenoxy) is 2. The third kappa shape index (κ3) is 3.89. The molecule has 1 N–H and O–H groups in total. The van der Waals surface area contributed by atoms with E-state index in [0.717, 1.165) is 54.0 Å². The van der Waals surface area contributed by atoms with Gasteiger partial charge in [-0.3, -0.25) is 9.89 Å². The summed E-state index contributed by atoms with van der Waals surface area (Å²) in [6.45, 7) is 4.03. The lowest BCUT2D eigenvalue weighted by Gasteiger charge is -2.28. The average molecular weight is 452 g/mol. The zero-order valence-electron chi connectivity index (χ0n) is 18.0. The van der Waals surface area contributed by atoms with Crippen molar-refractivity contribution in [3.63, 3.8) is 0 Å². The maximum absolute atomic E-state index is 13.5. The molecule has 7 heteroatoms. The summed E-state index contributed by atoms with van der Waals surface area (Å²) in [5.74, 6) is 0.756. The first-order chi connectivity index (χ1) is 15.7. The predicted molar refractivity (Wildman–Crippen MR) is 123 cm³/mol. The first-order valence-electron chi connectivity index (χ1n) is 11.1. The molecule has 0 bridgehead atoms. The molecule has 2 unspecified atom stereocenters. The normalized spacial score (nSPS) is 20.1. The van der Waals surface area contributed by atoms with Gasteiger partial charge >= 0.3 is 0 Å². The molecule has 2 aliphatic heterocycles. The molecule has 2 aromatic carbocycles. The van der Waals surface area contributed by atoms with Crippen LogP contribution in [0.4, 0.5) is 0 Å². The third-order valence-corrected chi connectivity index (χ3v) is 6.30. The number of amides is 1. The van der Waals surface area contributed by atoms with Crippen LogP contribution in [0.15, 0.2) is 48.5 Å². The van der Waals surface area contributed by atoms with Crippen molar-refractivity contribution in [2.24, 2.45) is 0 Å². The Kier molecular flexibility index (Phi) is 5.89. The summed E-state index contributed by atoms with van der Waals surface area (Å²) in [6.07, 6.45) is 2.98. The Morgan fingerprint density at radius 3 is 2.84 bits per heavy atom. The van der Waals surface area contributed by atoms with Gasteiger partial charge in [-0.2, -0.15) is 5.10 Å². The molecule has 3 heterocycles. The van der Waals surface area contributed by atoms with Crippen molar-refractivity contribution in [2.45, 2.75) is 38.3 Å². The third-order valence-electron chi connectivity index (χ3n) is 6.05. The second-order valence-electron chi connectivity index (χ2n) is 8.28. The quantitative estimate of drug-likeness (QED) is 0.533. The first kappa shape index (κ1) is 21.0. The van der Waals surface area contributed by atoms with Gasteiger partial charge in [0.15, 0.2) is 0 Å². The van der Waals surface area contributed by atoms with E-state index in [1.165, 1.54) is 0 Å². The van der Waals surface area contributed by atoms with Crippen LogP contribution < -0.4 is 4.74 Å². The predicted octanol–water partition coefficient (Wildman–Crippen LogP) is 5.24. The smallest absolute Gasteiger partial charge is 0.273 e. The van der Waals surface area contributed by atoms with Gasteiger partial charge in [-0.1, -0.05) is 42.8 Å². The van der Waals surface area contributed by atoms with Gasteiger partial charge in [0.05, 0.1) is 24.4 Å². The van der Waals surface area contributed by atoms with Crippen molar-refractivity contribution >= 4 is 17.5 Å². The van der Waals surface area contributed by atoms with E-state index in [1.807, 2.05) is 53.4 Å². The molecular formula is C25H26ClN3O3. The van der Waals surface area contributed by atoms with E-state index in [1.54, 1.807) is 0 Å². The maximum Gasteiger partial charge on any atom is 0.273 e. The van der Waals surface area contributed by atoms with Gasteiger partial charge in [0.25, 0.3) is 5.91 Å². The lowest BCUT2D eigenvalue weighted by molar-refractivity contribution is 0.0495. The van der Waals surface area contributed by atoms with Gasteiger partial charge in [-0.25, -0.2) is 0 Å². The molecule has 32 heavy (non-hydrogen) atoms. The Bertz CT molecular complexity index is 1110. The molecule has 2 atom stereocenters. The molecule has 1 aromatic heterocycles. The highest BCUT2D eigenvalue weighted by molar-refractivity contribution is 6.30. The highest BCUT2D eigenvalue weighted by atomic mass is 35.5. The Labute approximate surface area is 192 Å². The van der Waals surface area contributed by atoms with E-state index in [-0.39, 0.29) is 18.1 Å². The molecule has 6 nitrogen and oxygen atoms in total. The number of nitrogens with zero attached hydrogens (tertiary/aromatic N) is 2. The van der Waals surface area contributed by atoms with Crippen molar-refractivity contribution < 1.29 is 14.3 Å². The second kappa shape index (κ2) is 8.96. The molecule has 1 fully saturated rings. The topological polar surface area (TPSA) is 67.5 Å². The largest absolute Gasteiger partial charge is 0.494 e. The van der Waals surface area contributed by atoms with Crippen LogP contribution in [0.25, 0.3) is 11.3 Å². The van der Waals surface area contributed by atoms with Gasteiger partial charge in [0.2, 0.25) is 0 Å². The highest BCUT2D eigenvalue weighted by Gasteiger charge is 2.43. The van der Waals surface area contributed by atoms with Crippen LogP contribution in [0.5, 0.6) is 5.75 Å². The Balaban J connectivity index is 1.58. The number of aromatic nitrogens is 2. The summed E-state index contributed by atoms with van der Waals surface area (Å²) in [4.78, 5) is 15.4. The number of halogens is 1. The molecule has 1 amide bonds. The lowest BCUT2D eigenvalue weighted by atomic mass is 9.95. The van der Waals surface area contributed by atoms with Crippen LogP contribution >= 0.6 is 11.6 Å². The summed E-state index contributed by atoms with van der Waals surface area (Å²) < 4.78 is 11.8. The second-order valence-corrected chi connectivity index (χ2v) is 8.72. The number of carbonyl (C=O) groups excluding carboxylic acids is 1. The van der Waals surface area contributed by atoms with E-state index in [0.29, 0.717) is 23.9 Å².